The van der Waals surface area contributed by atoms with Gasteiger partial charge in [0.15, 0.2) is 11.5 Å². The summed E-state index contributed by atoms with van der Waals surface area (Å²) in [5.41, 5.74) is 1.03. The van der Waals surface area contributed by atoms with Crippen molar-refractivity contribution in [3.05, 3.63) is 58.8 Å². The maximum atomic E-state index is 13.0. The Kier molecular flexibility index (Phi) is 8.11. The number of nitrogens with zero attached hydrogens (tertiary/aromatic N) is 1. The number of carbonyl (C=O) groups excluding carboxylic acids is 3. The highest BCUT2D eigenvalue weighted by atomic mass is 32.2. The first kappa shape index (κ1) is 24.3. The highest BCUT2D eigenvalue weighted by molar-refractivity contribution is 8.18. The van der Waals surface area contributed by atoms with Crippen molar-refractivity contribution in [2.75, 3.05) is 18.5 Å². The van der Waals surface area contributed by atoms with Gasteiger partial charge in [-0.3, -0.25) is 19.3 Å². The summed E-state index contributed by atoms with van der Waals surface area (Å²) < 4.78 is 24.6. The van der Waals surface area contributed by atoms with Crippen molar-refractivity contribution in [3.8, 4) is 11.5 Å². The summed E-state index contributed by atoms with van der Waals surface area (Å²) in [6, 6.07) is 10.5. The summed E-state index contributed by atoms with van der Waals surface area (Å²) in [6.07, 6.45) is 2.45. The minimum atomic E-state index is -0.560. The fourth-order valence-electron chi connectivity index (χ4n) is 2.95. The monoisotopic (exact) mass is 472 g/mol. The standard InChI is InChI=1S/C24H25FN2O5S/c1-4-15(3)32-19-11-6-16(12-20(19)31-5-2)13-21-23(29)27(24(30)33-21)14-22(28)26-18-9-7-17(25)8-10-18/h6-13,15H,4-5,14H2,1-3H3,(H,26,28)/b21-13-/t15-/m0/s1. The van der Waals surface area contributed by atoms with E-state index in [0.717, 1.165) is 23.1 Å². The van der Waals surface area contributed by atoms with E-state index in [0.29, 0.717) is 29.4 Å². The number of anilines is 1. The summed E-state index contributed by atoms with van der Waals surface area (Å²) in [6.45, 7) is 5.86. The van der Waals surface area contributed by atoms with E-state index in [-0.39, 0.29) is 11.0 Å². The summed E-state index contributed by atoms with van der Waals surface area (Å²) >= 11 is 0.761. The molecule has 9 heteroatoms. The number of carbonyl (C=O) groups is 3. The van der Waals surface area contributed by atoms with Crippen molar-refractivity contribution in [1.82, 2.24) is 4.90 Å². The Bertz CT molecular complexity index is 1070. The Labute approximate surface area is 195 Å². The third-order valence-corrected chi connectivity index (χ3v) is 5.68. The van der Waals surface area contributed by atoms with Gasteiger partial charge in [-0.25, -0.2) is 4.39 Å². The zero-order chi connectivity index (χ0) is 24.0. The molecule has 0 aliphatic carbocycles. The molecule has 0 saturated carbocycles. The number of thioether (sulfide) groups is 1. The van der Waals surface area contributed by atoms with Crippen LogP contribution in [0.1, 0.15) is 32.8 Å². The molecule has 33 heavy (non-hydrogen) atoms. The number of hydrogen-bond donors (Lipinski definition) is 1. The SMILES string of the molecule is CCOc1cc(/C=C2\SC(=O)N(CC(=O)Nc3ccc(F)cc3)C2=O)ccc1O[C@@H](C)CC. The van der Waals surface area contributed by atoms with E-state index >= 15 is 0 Å². The molecule has 1 heterocycles. The zero-order valence-corrected chi connectivity index (χ0v) is 19.4. The predicted octanol–water partition coefficient (Wildman–Crippen LogP) is 5.08. The lowest BCUT2D eigenvalue weighted by Crippen LogP contribution is -2.36. The first-order valence-corrected chi connectivity index (χ1v) is 11.4. The van der Waals surface area contributed by atoms with Crippen molar-refractivity contribution in [1.29, 1.82) is 0 Å². The van der Waals surface area contributed by atoms with E-state index in [9.17, 15) is 18.8 Å². The Hall–Kier alpha value is -3.33. The molecule has 1 fully saturated rings. The van der Waals surface area contributed by atoms with Crippen molar-refractivity contribution in [3.63, 3.8) is 0 Å². The van der Waals surface area contributed by atoms with Gasteiger partial charge in [0.25, 0.3) is 11.1 Å². The van der Waals surface area contributed by atoms with E-state index in [1.54, 1.807) is 24.3 Å². The number of imide groups is 1. The summed E-state index contributed by atoms with van der Waals surface area (Å²) in [4.78, 5) is 38.4. The Balaban J connectivity index is 1.72. The van der Waals surface area contributed by atoms with Gasteiger partial charge in [-0.1, -0.05) is 13.0 Å². The summed E-state index contributed by atoms with van der Waals surface area (Å²) in [7, 11) is 0. The molecule has 0 unspecified atom stereocenters. The average Bonchev–Trinajstić information content (AvgIpc) is 3.04. The fourth-order valence-corrected chi connectivity index (χ4v) is 3.78. The molecule has 0 aromatic heterocycles. The molecule has 3 amide bonds. The van der Waals surface area contributed by atoms with Gasteiger partial charge >= 0.3 is 0 Å². The van der Waals surface area contributed by atoms with Crippen LogP contribution in [-0.2, 0) is 9.59 Å². The molecule has 1 N–H and O–H groups in total. The van der Waals surface area contributed by atoms with Gasteiger partial charge in [-0.05, 0) is 80.1 Å². The molecule has 2 aromatic rings. The largest absolute Gasteiger partial charge is 0.490 e. The van der Waals surface area contributed by atoms with Crippen molar-refractivity contribution in [2.24, 2.45) is 0 Å². The molecule has 3 rings (SSSR count). The van der Waals surface area contributed by atoms with Crippen LogP contribution in [0.4, 0.5) is 14.9 Å². The van der Waals surface area contributed by atoms with Gasteiger partial charge in [-0.15, -0.1) is 0 Å². The average molecular weight is 473 g/mol. The second kappa shape index (κ2) is 11.0. The molecule has 174 valence electrons. The molecular weight excluding hydrogens is 447 g/mol. The second-order valence-electron chi connectivity index (χ2n) is 7.30. The number of rotatable bonds is 9. The lowest BCUT2D eigenvalue weighted by molar-refractivity contribution is -0.127. The molecule has 0 spiro atoms. The number of ether oxygens (including phenoxy) is 2. The molecule has 1 atom stereocenters. The molecule has 2 aromatic carbocycles. The van der Waals surface area contributed by atoms with Crippen LogP contribution < -0.4 is 14.8 Å². The Morgan fingerprint density at radius 2 is 1.88 bits per heavy atom. The number of hydrogen-bond acceptors (Lipinski definition) is 6. The minimum absolute atomic E-state index is 0.0209. The van der Waals surface area contributed by atoms with E-state index in [1.807, 2.05) is 20.8 Å². The van der Waals surface area contributed by atoms with Crippen molar-refractivity contribution >= 4 is 40.6 Å². The Morgan fingerprint density at radius 1 is 1.15 bits per heavy atom. The fraction of sp³-hybridized carbons (Fsp3) is 0.292. The highest BCUT2D eigenvalue weighted by Gasteiger charge is 2.36. The maximum Gasteiger partial charge on any atom is 0.294 e. The van der Waals surface area contributed by atoms with E-state index in [1.165, 1.54) is 24.3 Å². The molecule has 7 nitrogen and oxygen atoms in total. The van der Waals surface area contributed by atoms with Gasteiger partial charge in [0.1, 0.15) is 12.4 Å². The molecule has 1 aliphatic rings. The summed E-state index contributed by atoms with van der Waals surface area (Å²) in [5.74, 6) is -0.401. The lowest BCUT2D eigenvalue weighted by atomic mass is 10.1. The molecule has 0 bridgehead atoms. The number of halogens is 1. The van der Waals surface area contributed by atoms with Gasteiger partial charge < -0.3 is 14.8 Å². The van der Waals surface area contributed by atoms with Crippen LogP contribution in [0.15, 0.2) is 47.4 Å². The van der Waals surface area contributed by atoms with Crippen LogP contribution >= 0.6 is 11.8 Å². The predicted molar refractivity (Wildman–Crippen MR) is 126 cm³/mol. The molecule has 1 saturated heterocycles. The van der Waals surface area contributed by atoms with Crippen LogP contribution in [0.5, 0.6) is 11.5 Å². The summed E-state index contributed by atoms with van der Waals surface area (Å²) in [5, 5.41) is 2.00. The van der Waals surface area contributed by atoms with Crippen LogP contribution in [-0.4, -0.2) is 41.2 Å². The first-order chi connectivity index (χ1) is 15.8. The smallest absolute Gasteiger partial charge is 0.294 e. The van der Waals surface area contributed by atoms with Gasteiger partial charge in [0, 0.05) is 5.69 Å². The van der Waals surface area contributed by atoms with Gasteiger partial charge in [0.2, 0.25) is 5.91 Å². The lowest BCUT2D eigenvalue weighted by Gasteiger charge is -2.16. The molecule has 1 aliphatic heterocycles. The number of benzene rings is 2. The third kappa shape index (κ3) is 6.35. The number of amides is 3. The topological polar surface area (TPSA) is 84.9 Å². The van der Waals surface area contributed by atoms with Gasteiger partial charge in [-0.2, -0.15) is 0 Å². The molecular formula is C24H25FN2O5S. The zero-order valence-electron chi connectivity index (χ0n) is 18.6. The number of nitrogens with one attached hydrogen (secondary N) is 1. The van der Waals surface area contributed by atoms with Crippen molar-refractivity contribution in [2.45, 2.75) is 33.3 Å². The van der Waals surface area contributed by atoms with E-state index in [2.05, 4.69) is 5.32 Å². The Morgan fingerprint density at radius 3 is 2.55 bits per heavy atom. The molecule has 0 radical (unpaired) electrons. The van der Waals surface area contributed by atoms with E-state index < -0.39 is 29.4 Å². The van der Waals surface area contributed by atoms with Crippen LogP contribution in [0, 0.1) is 5.82 Å². The van der Waals surface area contributed by atoms with Crippen molar-refractivity contribution < 1.29 is 28.2 Å². The van der Waals surface area contributed by atoms with Crippen LogP contribution in [0.3, 0.4) is 0 Å². The third-order valence-electron chi connectivity index (χ3n) is 4.77. The van der Waals surface area contributed by atoms with Crippen LogP contribution in [0.25, 0.3) is 6.08 Å². The minimum Gasteiger partial charge on any atom is -0.490 e. The maximum absolute atomic E-state index is 13.0. The normalized spacial score (nSPS) is 15.6. The highest BCUT2D eigenvalue weighted by Crippen LogP contribution is 2.35. The van der Waals surface area contributed by atoms with Crippen LogP contribution in [0.2, 0.25) is 0 Å². The quantitative estimate of drug-likeness (QED) is 0.513. The van der Waals surface area contributed by atoms with Gasteiger partial charge in [0.05, 0.1) is 17.6 Å². The van der Waals surface area contributed by atoms with E-state index in [4.69, 9.17) is 9.47 Å². The second-order valence-corrected chi connectivity index (χ2v) is 8.29. The first-order valence-electron chi connectivity index (χ1n) is 10.5.